The Labute approximate surface area is 401 Å². The second-order valence-corrected chi connectivity index (χ2v) is 20.3. The van der Waals surface area contributed by atoms with Crippen LogP contribution in [0.15, 0.2) is 85.1 Å². The van der Waals surface area contributed by atoms with E-state index in [1.165, 1.54) is 103 Å². The van der Waals surface area contributed by atoms with E-state index in [1.54, 1.807) is 6.08 Å². The molecule has 65 heavy (non-hydrogen) atoms. The van der Waals surface area contributed by atoms with Crippen LogP contribution in [0.1, 0.15) is 213 Å². The first-order valence-electron chi connectivity index (χ1n) is 26.4. The minimum absolute atomic E-state index is 0.0107. The van der Waals surface area contributed by atoms with Crippen LogP contribution >= 0.6 is 7.82 Å². The van der Waals surface area contributed by atoms with Gasteiger partial charge in [0.2, 0.25) is 5.91 Å². The first-order chi connectivity index (χ1) is 31.5. The number of hydrogen-bond donors (Lipinski definition) is 2. The smallest absolute Gasteiger partial charge is 0.268 e. The van der Waals surface area contributed by atoms with E-state index in [0.717, 1.165) is 89.9 Å². The van der Waals surface area contributed by atoms with Crippen LogP contribution in [0, 0.1) is 0 Å². The number of aliphatic hydroxyl groups excluding tert-OH is 1. The Kier molecular flexibility index (Phi) is 45.1. The minimum atomic E-state index is -4.61. The molecule has 2 N–H and O–H groups in total. The summed E-state index contributed by atoms with van der Waals surface area (Å²) >= 11 is 0. The lowest BCUT2D eigenvalue weighted by Gasteiger charge is -2.29. The van der Waals surface area contributed by atoms with Crippen molar-refractivity contribution in [1.29, 1.82) is 0 Å². The van der Waals surface area contributed by atoms with E-state index in [9.17, 15) is 19.4 Å². The lowest BCUT2D eigenvalue weighted by molar-refractivity contribution is -0.870. The molecule has 0 aliphatic carbocycles. The normalized spacial score (nSPS) is 14.8. The van der Waals surface area contributed by atoms with Crippen molar-refractivity contribution < 1.29 is 32.9 Å². The molecule has 3 atom stereocenters. The van der Waals surface area contributed by atoms with Gasteiger partial charge < -0.3 is 28.8 Å². The number of nitrogens with one attached hydrogen (secondary N) is 1. The zero-order valence-electron chi connectivity index (χ0n) is 42.7. The lowest BCUT2D eigenvalue weighted by Crippen LogP contribution is -2.45. The number of unbranched alkanes of at least 4 members (excludes halogenated alkanes) is 22. The molecule has 8 nitrogen and oxygen atoms in total. The van der Waals surface area contributed by atoms with Crippen molar-refractivity contribution in [2.24, 2.45) is 0 Å². The summed E-state index contributed by atoms with van der Waals surface area (Å²) in [6.45, 7) is 4.51. The number of carbonyl (C=O) groups excluding carboxylic acids is 1. The van der Waals surface area contributed by atoms with Crippen molar-refractivity contribution in [2.45, 2.75) is 225 Å². The Balaban J connectivity index is 4.38. The van der Waals surface area contributed by atoms with Crippen molar-refractivity contribution in [3.8, 4) is 0 Å². The van der Waals surface area contributed by atoms with Gasteiger partial charge in [0.05, 0.1) is 39.9 Å². The molecule has 0 aromatic carbocycles. The van der Waals surface area contributed by atoms with Crippen LogP contribution in [0.3, 0.4) is 0 Å². The van der Waals surface area contributed by atoms with Crippen LogP contribution < -0.4 is 10.2 Å². The van der Waals surface area contributed by atoms with E-state index < -0.39 is 26.6 Å². The molecule has 0 spiro atoms. The van der Waals surface area contributed by atoms with E-state index >= 15 is 0 Å². The van der Waals surface area contributed by atoms with Gasteiger partial charge in [-0.15, -0.1) is 0 Å². The fraction of sp³-hybridized carbons (Fsp3) is 0.732. The van der Waals surface area contributed by atoms with Gasteiger partial charge in [-0.2, -0.15) is 0 Å². The third-order valence-electron chi connectivity index (χ3n) is 11.4. The lowest BCUT2D eigenvalue weighted by atomic mass is 10.0. The van der Waals surface area contributed by atoms with Gasteiger partial charge in [-0.05, 0) is 70.6 Å². The largest absolute Gasteiger partial charge is 0.756 e. The fourth-order valence-corrected chi connectivity index (χ4v) is 7.94. The van der Waals surface area contributed by atoms with Crippen molar-refractivity contribution in [1.82, 2.24) is 5.32 Å². The number of amides is 1. The summed E-state index contributed by atoms with van der Waals surface area (Å²) in [5.41, 5.74) is 0. The number of allylic oxidation sites excluding steroid dienone is 13. The quantitative estimate of drug-likeness (QED) is 0.0272. The summed E-state index contributed by atoms with van der Waals surface area (Å²) in [5, 5.41) is 13.8. The van der Waals surface area contributed by atoms with Gasteiger partial charge >= 0.3 is 0 Å². The molecule has 0 heterocycles. The minimum Gasteiger partial charge on any atom is -0.756 e. The molecule has 9 heteroatoms. The highest BCUT2D eigenvalue weighted by Crippen LogP contribution is 2.38. The molecule has 376 valence electrons. The van der Waals surface area contributed by atoms with Gasteiger partial charge in [-0.25, -0.2) is 0 Å². The van der Waals surface area contributed by atoms with Crippen LogP contribution in [0.5, 0.6) is 0 Å². The summed E-state index contributed by atoms with van der Waals surface area (Å²) in [6, 6.07) is -0.906. The second-order valence-electron chi connectivity index (χ2n) is 18.9. The van der Waals surface area contributed by atoms with Crippen LogP contribution in [-0.4, -0.2) is 68.5 Å². The van der Waals surface area contributed by atoms with E-state index in [1.807, 2.05) is 27.2 Å². The molecule has 3 unspecified atom stereocenters. The maximum absolute atomic E-state index is 12.9. The zero-order chi connectivity index (χ0) is 47.8. The predicted molar refractivity (Wildman–Crippen MR) is 279 cm³/mol. The van der Waals surface area contributed by atoms with Crippen molar-refractivity contribution in [3.63, 3.8) is 0 Å². The van der Waals surface area contributed by atoms with E-state index in [2.05, 4.69) is 92.1 Å². The SMILES string of the molecule is CC/C=C\C/C=C\C/C=C\C/C=C\C/C=C\C/C=C\CCCCCCC(=O)NC(COP(=O)([O-])OCC[N+](C)(C)C)C(O)/C=C/CCCCCCCCCCCCCCCCCCCC. The summed E-state index contributed by atoms with van der Waals surface area (Å²) in [6.07, 6.45) is 64.9. The van der Waals surface area contributed by atoms with Crippen molar-refractivity contribution in [2.75, 3.05) is 40.9 Å². The average molecular weight is 929 g/mol. The van der Waals surface area contributed by atoms with Gasteiger partial charge in [-0.3, -0.25) is 9.36 Å². The van der Waals surface area contributed by atoms with E-state index in [4.69, 9.17) is 9.05 Å². The third kappa shape index (κ3) is 49.4. The van der Waals surface area contributed by atoms with Crippen molar-refractivity contribution in [3.05, 3.63) is 85.1 Å². The van der Waals surface area contributed by atoms with Gasteiger partial charge in [0, 0.05) is 6.42 Å². The van der Waals surface area contributed by atoms with E-state index in [-0.39, 0.29) is 12.5 Å². The summed E-state index contributed by atoms with van der Waals surface area (Å²) < 4.78 is 23.3. The van der Waals surface area contributed by atoms with Gasteiger partial charge in [0.1, 0.15) is 13.2 Å². The maximum Gasteiger partial charge on any atom is 0.268 e. The first-order valence-corrected chi connectivity index (χ1v) is 27.9. The predicted octanol–water partition coefficient (Wildman–Crippen LogP) is 15.1. The molecule has 0 saturated heterocycles. The van der Waals surface area contributed by atoms with Gasteiger partial charge in [0.25, 0.3) is 7.82 Å². The summed E-state index contributed by atoms with van der Waals surface area (Å²) in [4.78, 5) is 25.4. The molecule has 0 bridgehead atoms. The molecule has 0 rings (SSSR count). The maximum atomic E-state index is 12.9. The molecule has 0 saturated carbocycles. The Bertz CT molecular complexity index is 1330. The molecular weight excluding hydrogens is 828 g/mol. The van der Waals surface area contributed by atoms with Crippen LogP contribution in [0.4, 0.5) is 0 Å². The molecule has 0 radical (unpaired) electrons. The number of phosphoric ester groups is 1. The number of hydrogen-bond acceptors (Lipinski definition) is 6. The number of rotatable bonds is 47. The monoisotopic (exact) mass is 929 g/mol. The van der Waals surface area contributed by atoms with Gasteiger partial charge in [0.15, 0.2) is 0 Å². The average Bonchev–Trinajstić information content (AvgIpc) is 3.26. The van der Waals surface area contributed by atoms with Crippen LogP contribution in [-0.2, 0) is 18.4 Å². The number of phosphoric acid groups is 1. The van der Waals surface area contributed by atoms with Crippen LogP contribution in [0.25, 0.3) is 0 Å². The molecule has 1 amide bonds. The highest BCUT2D eigenvalue weighted by molar-refractivity contribution is 7.45. The van der Waals surface area contributed by atoms with Crippen LogP contribution in [0.2, 0.25) is 0 Å². The Hall–Kier alpha value is -2.32. The number of nitrogens with zero attached hydrogens (tertiary/aromatic N) is 1. The topological polar surface area (TPSA) is 108 Å². The Morgan fingerprint density at radius 3 is 1.37 bits per heavy atom. The number of likely N-dealkylation sites (N-methyl/N-ethyl adjacent to an activating group) is 1. The Morgan fingerprint density at radius 2 is 0.938 bits per heavy atom. The number of aliphatic hydroxyl groups is 1. The first kappa shape index (κ1) is 62.7. The molecule has 0 fully saturated rings. The number of carbonyl (C=O) groups is 1. The molecule has 0 aromatic heterocycles. The highest BCUT2D eigenvalue weighted by atomic mass is 31.2. The summed E-state index contributed by atoms with van der Waals surface area (Å²) in [5.74, 6) is -0.224. The third-order valence-corrected chi connectivity index (χ3v) is 12.3. The summed E-state index contributed by atoms with van der Waals surface area (Å²) in [7, 11) is 1.23. The zero-order valence-corrected chi connectivity index (χ0v) is 43.6. The molecule has 0 aliphatic heterocycles. The van der Waals surface area contributed by atoms with E-state index in [0.29, 0.717) is 17.4 Å². The molecule has 0 aromatic rings. The van der Waals surface area contributed by atoms with Crippen molar-refractivity contribution >= 4 is 13.7 Å². The molecule has 0 aliphatic rings. The molecular formula is C56H101N2O6P. The standard InChI is InChI=1S/C56H101N2O6P/c1-6-8-10-12-14-16-18-20-22-24-26-28-29-30-32-34-36-38-40-42-44-46-48-50-56(60)57-54(53-64-65(61,62)63-52-51-58(3,4)5)55(59)49-47-45-43-41-39-37-35-33-31-27-25-23-21-19-17-15-13-11-9-7-2/h8,10,14,16,20,22,26,28,30,32,36,38,47,49,54-55,59H,6-7,9,11-13,15,17-19,21,23-25,27,29,31,33-35,37,39-46,48,50-53H2,1-5H3,(H-,57,60,61,62)/b10-8-,16-14-,22-20-,28-26-,32-30-,38-36-,49-47+. The number of quaternary nitrogens is 1. The Morgan fingerprint density at radius 1 is 0.554 bits per heavy atom. The second kappa shape index (κ2) is 46.8. The van der Waals surface area contributed by atoms with Gasteiger partial charge in [-0.1, -0.05) is 221 Å². The fourth-order valence-electron chi connectivity index (χ4n) is 7.21. The highest BCUT2D eigenvalue weighted by Gasteiger charge is 2.23.